The number of hydrogen-bond donors (Lipinski definition) is 3. The van der Waals surface area contributed by atoms with Crippen molar-refractivity contribution >= 4 is 23.3 Å². The molecule has 1 aliphatic carbocycles. The maximum atomic E-state index is 13.0. The molecule has 3 N–H and O–H groups in total. The van der Waals surface area contributed by atoms with Gasteiger partial charge in [-0.2, -0.15) is 0 Å². The third kappa shape index (κ3) is 9.73. The average Bonchev–Trinajstić information content (AvgIpc) is 3.07. The summed E-state index contributed by atoms with van der Waals surface area (Å²) in [5.41, 5.74) is 2.85. The molecule has 1 saturated heterocycles. The summed E-state index contributed by atoms with van der Waals surface area (Å²) in [6, 6.07) is 20.2. The van der Waals surface area contributed by atoms with Crippen LogP contribution in [0.5, 0.6) is 17.2 Å². The van der Waals surface area contributed by atoms with Gasteiger partial charge in [-0.3, -0.25) is 4.79 Å². The van der Waals surface area contributed by atoms with Gasteiger partial charge >= 0.3 is 6.03 Å². The number of hydrogen-bond acceptors (Lipinski definition) is 5. The zero-order chi connectivity index (χ0) is 32.3. The molecular formula is C38H50N4O4. The predicted octanol–water partition coefficient (Wildman–Crippen LogP) is 8.77. The second-order valence-electron chi connectivity index (χ2n) is 12.8. The van der Waals surface area contributed by atoms with Gasteiger partial charge in [0, 0.05) is 42.6 Å². The molecule has 0 spiro atoms. The Bertz CT molecular complexity index is 1410. The molecular weight excluding hydrogens is 576 g/mol. The fourth-order valence-electron chi connectivity index (χ4n) is 6.45. The van der Waals surface area contributed by atoms with E-state index in [1.165, 1.54) is 38.6 Å². The molecule has 8 nitrogen and oxygen atoms in total. The standard InChI is InChI=1S/C38H50N4O4/c1-4-30(5-2)40-38(44)41-31-13-18-34(19-14-31)46-36-20-15-32(25-27(36)3)39-37(43)29-11-16-33(17-12-29)45-35-21-23-42(24-22-35)26-28-9-7-6-8-10-28/h11-20,25,28,30,35H,4-10,21-24,26H2,1-3H3,(H,39,43)(H2,40,41,44). The molecule has 3 aromatic carbocycles. The molecule has 0 unspecified atom stereocenters. The van der Waals surface area contributed by atoms with Crippen molar-refractivity contribution in [2.75, 3.05) is 30.3 Å². The van der Waals surface area contributed by atoms with Crippen molar-refractivity contribution in [3.8, 4) is 17.2 Å². The van der Waals surface area contributed by atoms with E-state index in [2.05, 4.69) is 34.7 Å². The Kier molecular flexibility index (Phi) is 12.0. The highest BCUT2D eigenvalue weighted by atomic mass is 16.5. The number of aryl methyl sites for hydroxylation is 1. The number of benzene rings is 3. The fourth-order valence-corrected chi connectivity index (χ4v) is 6.45. The van der Waals surface area contributed by atoms with Gasteiger partial charge in [0.05, 0.1) is 0 Å². The maximum absolute atomic E-state index is 13.0. The zero-order valence-electron chi connectivity index (χ0n) is 27.6. The summed E-state index contributed by atoms with van der Waals surface area (Å²) in [6.07, 6.45) is 11.1. The van der Waals surface area contributed by atoms with Crippen LogP contribution in [0.2, 0.25) is 0 Å². The fraction of sp³-hybridized carbons (Fsp3) is 0.474. The number of anilines is 2. The second kappa shape index (κ2) is 16.5. The molecule has 46 heavy (non-hydrogen) atoms. The number of carbonyl (C=O) groups excluding carboxylic acids is 2. The van der Waals surface area contributed by atoms with Gasteiger partial charge in [-0.1, -0.05) is 33.1 Å². The van der Waals surface area contributed by atoms with Gasteiger partial charge in [0.25, 0.3) is 5.91 Å². The first-order valence-electron chi connectivity index (χ1n) is 17.1. The Morgan fingerprint density at radius 3 is 2.11 bits per heavy atom. The summed E-state index contributed by atoms with van der Waals surface area (Å²) >= 11 is 0. The first-order valence-corrected chi connectivity index (χ1v) is 17.1. The molecule has 8 heteroatoms. The van der Waals surface area contributed by atoms with Crippen LogP contribution in [0.1, 0.15) is 87.6 Å². The van der Waals surface area contributed by atoms with Crippen LogP contribution in [0.3, 0.4) is 0 Å². The minimum Gasteiger partial charge on any atom is -0.490 e. The van der Waals surface area contributed by atoms with Gasteiger partial charge in [-0.05, 0) is 124 Å². The molecule has 5 rings (SSSR count). The summed E-state index contributed by atoms with van der Waals surface area (Å²) in [6.45, 7) is 9.51. The molecule has 3 amide bonds. The summed E-state index contributed by atoms with van der Waals surface area (Å²) in [5.74, 6) is 2.86. The van der Waals surface area contributed by atoms with Crippen molar-refractivity contribution < 1.29 is 19.1 Å². The molecule has 246 valence electrons. The third-order valence-electron chi connectivity index (χ3n) is 9.29. The van der Waals surface area contributed by atoms with Crippen LogP contribution in [-0.4, -0.2) is 48.6 Å². The third-order valence-corrected chi connectivity index (χ3v) is 9.29. The molecule has 0 bridgehead atoms. The maximum Gasteiger partial charge on any atom is 0.319 e. The Morgan fingerprint density at radius 2 is 1.46 bits per heavy atom. The highest BCUT2D eigenvalue weighted by molar-refractivity contribution is 6.04. The molecule has 2 aliphatic rings. The van der Waals surface area contributed by atoms with Gasteiger partial charge < -0.3 is 30.3 Å². The largest absolute Gasteiger partial charge is 0.490 e. The number of carbonyl (C=O) groups is 2. The SMILES string of the molecule is CCC(CC)NC(=O)Nc1ccc(Oc2ccc(NC(=O)c3ccc(OC4CCN(CC5CCCCC5)CC4)cc3)cc2C)cc1. The van der Waals surface area contributed by atoms with E-state index < -0.39 is 0 Å². The highest BCUT2D eigenvalue weighted by Gasteiger charge is 2.24. The Morgan fingerprint density at radius 1 is 0.804 bits per heavy atom. The summed E-state index contributed by atoms with van der Waals surface area (Å²) in [7, 11) is 0. The first kappa shape index (κ1) is 33.3. The lowest BCUT2D eigenvalue weighted by molar-refractivity contribution is 0.0863. The second-order valence-corrected chi connectivity index (χ2v) is 12.8. The van der Waals surface area contributed by atoms with Gasteiger partial charge in [0.2, 0.25) is 0 Å². The van der Waals surface area contributed by atoms with E-state index in [1.54, 1.807) is 0 Å². The van der Waals surface area contributed by atoms with Crippen molar-refractivity contribution in [3.05, 3.63) is 77.9 Å². The van der Waals surface area contributed by atoms with Crippen molar-refractivity contribution in [2.24, 2.45) is 5.92 Å². The van der Waals surface area contributed by atoms with E-state index >= 15 is 0 Å². The molecule has 1 saturated carbocycles. The topological polar surface area (TPSA) is 91.9 Å². The highest BCUT2D eigenvalue weighted by Crippen LogP contribution is 2.29. The molecule has 0 aromatic heterocycles. The monoisotopic (exact) mass is 626 g/mol. The number of nitrogens with zero attached hydrogens (tertiary/aromatic N) is 1. The summed E-state index contributed by atoms with van der Waals surface area (Å²) < 4.78 is 12.3. The van der Waals surface area contributed by atoms with Gasteiger partial charge in [0.15, 0.2) is 0 Å². The van der Waals surface area contributed by atoms with Crippen LogP contribution in [0.4, 0.5) is 16.2 Å². The smallest absolute Gasteiger partial charge is 0.319 e. The van der Waals surface area contributed by atoms with Crippen LogP contribution >= 0.6 is 0 Å². The van der Waals surface area contributed by atoms with Gasteiger partial charge in [0.1, 0.15) is 23.4 Å². The molecule has 1 aliphatic heterocycles. The number of rotatable bonds is 12. The molecule has 2 fully saturated rings. The molecule has 0 atom stereocenters. The number of urea groups is 1. The van der Waals surface area contributed by atoms with Crippen molar-refractivity contribution in [1.82, 2.24) is 10.2 Å². The van der Waals surface area contributed by atoms with Gasteiger partial charge in [-0.25, -0.2) is 4.79 Å². The normalized spacial score (nSPS) is 16.2. The minimum absolute atomic E-state index is 0.159. The number of ether oxygens (including phenoxy) is 2. The van der Waals surface area contributed by atoms with Crippen LogP contribution in [0.25, 0.3) is 0 Å². The number of amides is 3. The minimum atomic E-state index is -0.212. The zero-order valence-corrected chi connectivity index (χ0v) is 27.6. The van der Waals surface area contributed by atoms with Crippen molar-refractivity contribution in [1.29, 1.82) is 0 Å². The van der Waals surface area contributed by atoms with Crippen LogP contribution < -0.4 is 25.4 Å². The summed E-state index contributed by atoms with van der Waals surface area (Å²) in [5, 5.41) is 8.82. The lowest BCUT2D eigenvalue weighted by Crippen LogP contribution is -2.40. The Hall–Kier alpha value is -4.04. The predicted molar refractivity (Wildman–Crippen MR) is 185 cm³/mol. The van der Waals surface area contributed by atoms with Crippen LogP contribution in [0.15, 0.2) is 66.7 Å². The van der Waals surface area contributed by atoms with Crippen LogP contribution in [0, 0.1) is 12.8 Å². The lowest BCUT2D eigenvalue weighted by Gasteiger charge is -2.35. The Balaban J connectivity index is 1.06. The van der Waals surface area contributed by atoms with E-state index in [0.717, 1.165) is 56.0 Å². The average molecular weight is 627 g/mol. The number of piperidine rings is 1. The Labute approximate surface area is 274 Å². The molecule has 0 radical (unpaired) electrons. The summed E-state index contributed by atoms with van der Waals surface area (Å²) in [4.78, 5) is 27.8. The number of nitrogens with one attached hydrogen (secondary N) is 3. The van der Waals surface area contributed by atoms with Crippen molar-refractivity contribution in [3.63, 3.8) is 0 Å². The molecule has 1 heterocycles. The first-order chi connectivity index (χ1) is 22.4. The quantitative estimate of drug-likeness (QED) is 0.187. The van der Waals surface area contributed by atoms with Crippen LogP contribution in [-0.2, 0) is 0 Å². The van der Waals surface area contributed by atoms with Gasteiger partial charge in [-0.15, -0.1) is 0 Å². The van der Waals surface area contributed by atoms with Crippen molar-refractivity contribution in [2.45, 2.75) is 90.7 Å². The number of likely N-dealkylation sites (tertiary alicyclic amines) is 1. The van der Waals surface area contributed by atoms with E-state index in [1.807, 2.05) is 73.7 Å². The lowest BCUT2D eigenvalue weighted by atomic mass is 9.88. The molecule has 3 aromatic rings. The van der Waals surface area contributed by atoms with E-state index in [9.17, 15) is 9.59 Å². The van der Waals surface area contributed by atoms with E-state index in [-0.39, 0.29) is 24.1 Å². The van der Waals surface area contributed by atoms with E-state index in [0.29, 0.717) is 28.4 Å². The van der Waals surface area contributed by atoms with E-state index in [4.69, 9.17) is 9.47 Å².